The zero-order valence-corrected chi connectivity index (χ0v) is 13.1. The third-order valence-electron chi connectivity index (χ3n) is 2.97. The van der Waals surface area contributed by atoms with Crippen LogP contribution in [0.2, 0.25) is 0 Å². The molecule has 0 heterocycles. The molecule has 0 saturated carbocycles. The van der Waals surface area contributed by atoms with Gasteiger partial charge in [0, 0.05) is 10.0 Å². The second-order valence-corrected chi connectivity index (χ2v) is 5.39. The maximum absolute atomic E-state index is 5.61. The maximum atomic E-state index is 5.61. The molecule has 0 aromatic heterocycles. The number of methoxy groups -OCH3 is 2. The molecule has 0 fully saturated rings. The van der Waals surface area contributed by atoms with Gasteiger partial charge in [0.05, 0.1) is 14.2 Å². The molecule has 102 valence electrons. The minimum absolute atomic E-state index is 0.374. The van der Waals surface area contributed by atoms with Gasteiger partial charge >= 0.3 is 0 Å². The van der Waals surface area contributed by atoms with Gasteiger partial charge in [-0.2, -0.15) is 0 Å². The van der Waals surface area contributed by atoms with Crippen LogP contribution in [0.1, 0.15) is 37.3 Å². The van der Waals surface area contributed by atoms with Crippen LogP contribution in [0, 0.1) is 0 Å². The largest absolute Gasteiger partial charge is 0.493 e. The molecule has 2 N–H and O–H groups in total. The first-order chi connectivity index (χ1) is 8.56. The number of halogens is 1. The van der Waals surface area contributed by atoms with E-state index < -0.39 is 0 Å². The van der Waals surface area contributed by atoms with E-state index in [2.05, 4.69) is 29.8 Å². The van der Waals surface area contributed by atoms with Crippen molar-refractivity contribution in [1.29, 1.82) is 0 Å². The van der Waals surface area contributed by atoms with Crippen molar-refractivity contribution in [2.24, 2.45) is 5.73 Å². The fourth-order valence-electron chi connectivity index (χ4n) is 2.17. The van der Waals surface area contributed by atoms with E-state index in [0.717, 1.165) is 28.8 Å². The summed E-state index contributed by atoms with van der Waals surface area (Å²) in [5.41, 5.74) is 8.09. The van der Waals surface area contributed by atoms with Gasteiger partial charge in [0.25, 0.3) is 0 Å². The lowest BCUT2D eigenvalue weighted by Crippen LogP contribution is -2.07. The van der Waals surface area contributed by atoms with Crippen molar-refractivity contribution in [3.63, 3.8) is 0 Å². The molecule has 4 heteroatoms. The molecule has 0 atom stereocenters. The van der Waals surface area contributed by atoms with Crippen LogP contribution in [0.5, 0.6) is 11.5 Å². The van der Waals surface area contributed by atoms with Gasteiger partial charge in [-0.3, -0.25) is 0 Å². The Morgan fingerprint density at radius 1 is 1.28 bits per heavy atom. The molecule has 0 radical (unpaired) electrons. The lowest BCUT2D eigenvalue weighted by molar-refractivity contribution is 0.349. The van der Waals surface area contributed by atoms with Crippen molar-refractivity contribution in [3.8, 4) is 11.5 Å². The first-order valence-electron chi connectivity index (χ1n) is 6.20. The van der Waals surface area contributed by atoms with Gasteiger partial charge in [0.2, 0.25) is 0 Å². The van der Waals surface area contributed by atoms with Crippen molar-refractivity contribution in [2.45, 2.75) is 32.6 Å². The van der Waals surface area contributed by atoms with Gasteiger partial charge in [-0.05, 0) is 36.9 Å². The van der Waals surface area contributed by atoms with Gasteiger partial charge in [-0.1, -0.05) is 29.8 Å². The van der Waals surface area contributed by atoms with Crippen LogP contribution >= 0.6 is 15.9 Å². The van der Waals surface area contributed by atoms with Gasteiger partial charge < -0.3 is 15.2 Å². The van der Waals surface area contributed by atoms with Crippen molar-refractivity contribution in [3.05, 3.63) is 21.7 Å². The molecular weight excluding hydrogens is 294 g/mol. The zero-order valence-electron chi connectivity index (χ0n) is 11.5. The molecule has 0 spiro atoms. The van der Waals surface area contributed by atoms with Gasteiger partial charge in [0.1, 0.15) is 0 Å². The van der Waals surface area contributed by atoms with Crippen LogP contribution in [0.4, 0.5) is 0 Å². The van der Waals surface area contributed by atoms with Crippen LogP contribution in [-0.2, 0) is 6.42 Å². The highest BCUT2D eigenvalue weighted by molar-refractivity contribution is 9.10. The summed E-state index contributed by atoms with van der Waals surface area (Å²) in [6.45, 7) is 5.02. The minimum atomic E-state index is 0.374. The van der Waals surface area contributed by atoms with Gasteiger partial charge in [0.15, 0.2) is 11.5 Å². The summed E-state index contributed by atoms with van der Waals surface area (Å²) in [5.74, 6) is 1.98. The summed E-state index contributed by atoms with van der Waals surface area (Å²) in [7, 11) is 3.35. The summed E-state index contributed by atoms with van der Waals surface area (Å²) < 4.78 is 12.0. The van der Waals surface area contributed by atoms with Crippen LogP contribution in [0.25, 0.3) is 0 Å². The van der Waals surface area contributed by atoms with Crippen LogP contribution in [-0.4, -0.2) is 20.8 Å². The Labute approximate surface area is 118 Å². The highest BCUT2D eigenvalue weighted by Crippen LogP contribution is 2.42. The zero-order chi connectivity index (χ0) is 13.7. The first kappa shape index (κ1) is 15.3. The van der Waals surface area contributed by atoms with Crippen molar-refractivity contribution in [1.82, 2.24) is 0 Å². The van der Waals surface area contributed by atoms with E-state index in [1.807, 2.05) is 6.07 Å². The van der Waals surface area contributed by atoms with E-state index >= 15 is 0 Å². The number of hydrogen-bond donors (Lipinski definition) is 1. The van der Waals surface area contributed by atoms with Crippen LogP contribution in [0.3, 0.4) is 0 Å². The van der Waals surface area contributed by atoms with E-state index in [9.17, 15) is 0 Å². The molecule has 3 nitrogen and oxygen atoms in total. The fourth-order valence-corrected chi connectivity index (χ4v) is 2.79. The number of benzene rings is 1. The summed E-state index contributed by atoms with van der Waals surface area (Å²) in [4.78, 5) is 0. The second-order valence-electron chi connectivity index (χ2n) is 4.53. The molecule has 0 aliphatic heterocycles. The maximum Gasteiger partial charge on any atom is 0.164 e. The molecular formula is C14H22BrNO2. The first-order valence-corrected chi connectivity index (χ1v) is 6.99. The molecule has 0 unspecified atom stereocenters. The Balaban J connectivity index is 3.39. The number of hydrogen-bond acceptors (Lipinski definition) is 3. The van der Waals surface area contributed by atoms with E-state index in [1.165, 1.54) is 11.1 Å². The lowest BCUT2D eigenvalue weighted by Gasteiger charge is -2.21. The fraction of sp³-hybridized carbons (Fsp3) is 0.571. The van der Waals surface area contributed by atoms with Crippen LogP contribution in [0.15, 0.2) is 10.5 Å². The molecule has 0 aliphatic rings. The Hall–Kier alpha value is -0.740. The standard InChI is InChI=1S/C14H22BrNO2/c1-9(2)13-10(6-5-7-16)11(15)8-12(17-3)14(13)18-4/h8-9H,5-7,16H2,1-4H3. The SMILES string of the molecule is COc1cc(Br)c(CCCN)c(C(C)C)c1OC. The molecule has 18 heavy (non-hydrogen) atoms. The Morgan fingerprint density at radius 2 is 1.94 bits per heavy atom. The smallest absolute Gasteiger partial charge is 0.164 e. The third kappa shape index (κ3) is 3.18. The lowest BCUT2D eigenvalue weighted by atomic mass is 9.93. The number of rotatable bonds is 6. The molecule has 1 rings (SSSR count). The average Bonchev–Trinajstić information content (AvgIpc) is 2.35. The molecule has 1 aromatic carbocycles. The second kappa shape index (κ2) is 7.00. The molecule has 0 saturated heterocycles. The monoisotopic (exact) mass is 315 g/mol. The summed E-state index contributed by atoms with van der Waals surface area (Å²) in [5, 5.41) is 0. The topological polar surface area (TPSA) is 44.5 Å². The predicted octanol–water partition coefficient (Wildman–Crippen LogP) is 3.48. The summed E-state index contributed by atoms with van der Waals surface area (Å²) in [6, 6.07) is 1.97. The molecule has 0 bridgehead atoms. The van der Waals surface area contributed by atoms with Gasteiger partial charge in [-0.25, -0.2) is 0 Å². The third-order valence-corrected chi connectivity index (χ3v) is 3.68. The normalized spacial score (nSPS) is 10.8. The Kier molecular flexibility index (Phi) is 5.96. The van der Waals surface area contributed by atoms with E-state index in [0.29, 0.717) is 12.5 Å². The summed E-state index contributed by atoms with van der Waals surface area (Å²) in [6.07, 6.45) is 1.92. The van der Waals surface area contributed by atoms with Crippen molar-refractivity contribution < 1.29 is 9.47 Å². The Bertz CT molecular complexity index is 405. The minimum Gasteiger partial charge on any atom is -0.493 e. The highest BCUT2D eigenvalue weighted by Gasteiger charge is 2.20. The van der Waals surface area contributed by atoms with E-state index in [-0.39, 0.29) is 0 Å². The number of nitrogens with two attached hydrogens (primary N) is 1. The summed E-state index contributed by atoms with van der Waals surface area (Å²) >= 11 is 3.62. The molecule has 0 aliphatic carbocycles. The number of ether oxygens (including phenoxy) is 2. The van der Waals surface area contributed by atoms with Crippen molar-refractivity contribution >= 4 is 15.9 Å². The Morgan fingerprint density at radius 3 is 2.39 bits per heavy atom. The van der Waals surface area contributed by atoms with Crippen LogP contribution < -0.4 is 15.2 Å². The highest BCUT2D eigenvalue weighted by atomic mass is 79.9. The molecule has 1 aromatic rings. The quantitative estimate of drug-likeness (QED) is 0.874. The molecule has 0 amide bonds. The predicted molar refractivity (Wildman–Crippen MR) is 78.7 cm³/mol. The van der Waals surface area contributed by atoms with E-state index in [4.69, 9.17) is 15.2 Å². The van der Waals surface area contributed by atoms with E-state index in [1.54, 1.807) is 14.2 Å². The van der Waals surface area contributed by atoms with Crippen molar-refractivity contribution in [2.75, 3.05) is 20.8 Å². The van der Waals surface area contributed by atoms with Gasteiger partial charge in [-0.15, -0.1) is 0 Å². The average molecular weight is 316 g/mol.